The van der Waals surface area contributed by atoms with E-state index in [0.717, 1.165) is 4.90 Å². The fraction of sp³-hybridized carbons (Fsp3) is 0.500. The van der Waals surface area contributed by atoms with Crippen molar-refractivity contribution in [3.05, 3.63) is 12.1 Å². The molecule has 0 saturated carbocycles. The second-order valence-electron chi connectivity index (χ2n) is 6.52. The van der Waals surface area contributed by atoms with Gasteiger partial charge in [0.05, 0.1) is 21.3 Å². The van der Waals surface area contributed by atoms with Gasteiger partial charge >= 0.3 is 6.03 Å². The molecule has 148 valence electrons. The number of rotatable bonds is 8. The summed E-state index contributed by atoms with van der Waals surface area (Å²) in [6.45, 7) is 3.54. The summed E-state index contributed by atoms with van der Waals surface area (Å²) in [6.07, 6.45) is 0.523. The minimum absolute atomic E-state index is 0.243. The minimum Gasteiger partial charge on any atom is -0.493 e. The van der Waals surface area contributed by atoms with Crippen LogP contribution in [0.15, 0.2) is 12.1 Å². The molecule has 0 bridgehead atoms. The van der Waals surface area contributed by atoms with Crippen molar-refractivity contribution in [3.63, 3.8) is 0 Å². The third kappa shape index (κ3) is 4.60. The molecule has 0 radical (unpaired) electrons. The van der Waals surface area contributed by atoms with Gasteiger partial charge in [-0.15, -0.1) is 0 Å². The minimum atomic E-state index is -0.591. The predicted octanol–water partition coefficient (Wildman–Crippen LogP) is 1.62. The van der Waals surface area contributed by atoms with E-state index in [1.54, 1.807) is 12.1 Å². The molecule has 2 rings (SSSR count). The van der Waals surface area contributed by atoms with Crippen LogP contribution >= 0.6 is 0 Å². The van der Waals surface area contributed by atoms with Crippen LogP contribution in [-0.2, 0) is 9.59 Å². The van der Waals surface area contributed by atoms with Crippen molar-refractivity contribution < 1.29 is 28.6 Å². The van der Waals surface area contributed by atoms with Crippen molar-refractivity contribution in [1.82, 2.24) is 10.2 Å². The van der Waals surface area contributed by atoms with Gasteiger partial charge in [0.15, 0.2) is 11.5 Å². The Kier molecular flexibility index (Phi) is 6.49. The Morgan fingerprint density at radius 3 is 2.22 bits per heavy atom. The van der Waals surface area contributed by atoms with E-state index >= 15 is 0 Å². The monoisotopic (exact) mass is 379 g/mol. The van der Waals surface area contributed by atoms with Crippen molar-refractivity contribution >= 4 is 23.5 Å². The molecule has 1 aromatic carbocycles. The SMILES string of the molecule is COc1cc(NC(=O)CN2C(=O)N[C@@H](CC(C)C)C2=O)cc(OC)c1OC. The molecule has 9 nitrogen and oxygen atoms in total. The average molecular weight is 379 g/mol. The molecule has 27 heavy (non-hydrogen) atoms. The second kappa shape index (κ2) is 8.61. The average Bonchev–Trinajstić information content (AvgIpc) is 2.87. The molecule has 1 fully saturated rings. The van der Waals surface area contributed by atoms with Crippen molar-refractivity contribution in [2.75, 3.05) is 33.2 Å². The number of hydrogen-bond donors (Lipinski definition) is 2. The highest BCUT2D eigenvalue weighted by molar-refractivity contribution is 6.08. The van der Waals surface area contributed by atoms with Gasteiger partial charge in [0, 0.05) is 17.8 Å². The summed E-state index contributed by atoms with van der Waals surface area (Å²) in [5.41, 5.74) is 0.389. The quantitative estimate of drug-likeness (QED) is 0.665. The Bertz CT molecular complexity index is 709. The summed E-state index contributed by atoms with van der Waals surface area (Å²) >= 11 is 0. The molecule has 1 aliphatic rings. The molecular formula is C18H25N3O6. The predicted molar refractivity (Wildman–Crippen MR) is 98.2 cm³/mol. The van der Waals surface area contributed by atoms with E-state index < -0.39 is 23.9 Å². The maximum absolute atomic E-state index is 12.3. The lowest BCUT2D eigenvalue weighted by Gasteiger charge is -2.16. The Morgan fingerprint density at radius 2 is 1.74 bits per heavy atom. The zero-order chi connectivity index (χ0) is 20.1. The molecule has 0 aromatic heterocycles. The highest BCUT2D eigenvalue weighted by Gasteiger charge is 2.39. The topological polar surface area (TPSA) is 106 Å². The summed E-state index contributed by atoms with van der Waals surface area (Å²) < 4.78 is 15.7. The number of carbonyl (C=O) groups excluding carboxylic acids is 3. The molecule has 1 aliphatic heterocycles. The highest BCUT2D eigenvalue weighted by atomic mass is 16.5. The number of hydrogen-bond acceptors (Lipinski definition) is 6. The van der Waals surface area contributed by atoms with E-state index in [2.05, 4.69) is 10.6 Å². The molecule has 0 unspecified atom stereocenters. The molecule has 9 heteroatoms. The van der Waals surface area contributed by atoms with Gasteiger partial charge < -0.3 is 24.8 Å². The number of urea groups is 1. The first kappa shape index (κ1) is 20.3. The molecule has 2 N–H and O–H groups in total. The van der Waals surface area contributed by atoms with Crippen LogP contribution in [0.2, 0.25) is 0 Å². The maximum Gasteiger partial charge on any atom is 0.325 e. The Hall–Kier alpha value is -2.97. The van der Waals surface area contributed by atoms with E-state index in [9.17, 15) is 14.4 Å². The third-order valence-corrected chi connectivity index (χ3v) is 4.06. The largest absolute Gasteiger partial charge is 0.493 e. The lowest BCUT2D eigenvalue weighted by molar-refractivity contribution is -0.131. The number of carbonyl (C=O) groups is 3. The van der Waals surface area contributed by atoms with Crippen molar-refractivity contribution in [3.8, 4) is 17.2 Å². The zero-order valence-corrected chi connectivity index (χ0v) is 16.1. The smallest absolute Gasteiger partial charge is 0.325 e. The number of nitrogens with zero attached hydrogens (tertiary/aromatic N) is 1. The van der Waals surface area contributed by atoms with Gasteiger partial charge in [-0.2, -0.15) is 0 Å². The summed E-state index contributed by atoms with van der Waals surface area (Å²) in [4.78, 5) is 37.6. The first-order valence-electron chi connectivity index (χ1n) is 8.52. The van der Waals surface area contributed by atoms with E-state index in [4.69, 9.17) is 14.2 Å². The van der Waals surface area contributed by atoms with Crippen LogP contribution in [0.25, 0.3) is 0 Å². The Labute approximate surface area is 157 Å². The van der Waals surface area contributed by atoms with Gasteiger partial charge in [-0.25, -0.2) is 4.79 Å². The lowest BCUT2D eigenvalue weighted by Crippen LogP contribution is -2.38. The number of imide groups is 1. The van der Waals surface area contributed by atoms with Gasteiger partial charge in [-0.3, -0.25) is 14.5 Å². The molecular weight excluding hydrogens is 354 g/mol. The molecule has 1 saturated heterocycles. The number of amides is 4. The normalized spacial score (nSPS) is 16.4. The molecule has 0 spiro atoms. The van der Waals surface area contributed by atoms with Crippen LogP contribution in [0.1, 0.15) is 20.3 Å². The number of anilines is 1. The first-order valence-corrected chi connectivity index (χ1v) is 8.52. The van der Waals surface area contributed by atoms with Crippen molar-refractivity contribution in [2.45, 2.75) is 26.3 Å². The van der Waals surface area contributed by atoms with Crippen LogP contribution in [0.4, 0.5) is 10.5 Å². The van der Waals surface area contributed by atoms with Gasteiger partial charge in [0.2, 0.25) is 11.7 Å². The summed E-state index contributed by atoms with van der Waals surface area (Å²) in [5.74, 6) is 0.473. The van der Waals surface area contributed by atoms with Crippen LogP contribution in [0.5, 0.6) is 17.2 Å². The van der Waals surface area contributed by atoms with Gasteiger partial charge in [0.25, 0.3) is 5.91 Å². The molecule has 1 atom stereocenters. The number of nitrogens with one attached hydrogen (secondary N) is 2. The van der Waals surface area contributed by atoms with E-state index in [-0.39, 0.29) is 12.5 Å². The Morgan fingerprint density at radius 1 is 1.15 bits per heavy atom. The second-order valence-corrected chi connectivity index (χ2v) is 6.52. The van der Waals surface area contributed by atoms with Crippen LogP contribution in [0, 0.1) is 5.92 Å². The van der Waals surface area contributed by atoms with Crippen LogP contribution in [0.3, 0.4) is 0 Å². The summed E-state index contributed by atoms with van der Waals surface area (Å²) in [7, 11) is 4.40. The Balaban J connectivity index is 2.10. The van der Waals surface area contributed by atoms with E-state index in [1.165, 1.54) is 21.3 Å². The molecule has 4 amide bonds. The number of methoxy groups -OCH3 is 3. The lowest BCUT2D eigenvalue weighted by atomic mass is 10.0. The first-order chi connectivity index (χ1) is 12.8. The highest BCUT2D eigenvalue weighted by Crippen LogP contribution is 2.39. The standard InChI is InChI=1S/C18H25N3O6/c1-10(2)6-12-17(23)21(18(24)20-12)9-15(22)19-11-7-13(25-3)16(27-5)14(8-11)26-4/h7-8,10,12H,6,9H2,1-5H3,(H,19,22)(H,20,24)/t12-/m0/s1. The molecule has 0 aliphatic carbocycles. The third-order valence-electron chi connectivity index (χ3n) is 4.06. The van der Waals surface area contributed by atoms with Gasteiger partial charge in [-0.05, 0) is 12.3 Å². The van der Waals surface area contributed by atoms with Gasteiger partial charge in [-0.1, -0.05) is 13.8 Å². The fourth-order valence-electron chi connectivity index (χ4n) is 2.86. The molecule has 1 heterocycles. The zero-order valence-electron chi connectivity index (χ0n) is 16.1. The number of ether oxygens (including phenoxy) is 3. The maximum atomic E-state index is 12.3. The van der Waals surface area contributed by atoms with Crippen LogP contribution < -0.4 is 24.8 Å². The fourth-order valence-corrected chi connectivity index (χ4v) is 2.86. The number of benzene rings is 1. The van der Waals surface area contributed by atoms with Gasteiger partial charge in [0.1, 0.15) is 12.6 Å². The van der Waals surface area contributed by atoms with E-state index in [1.807, 2.05) is 13.8 Å². The van der Waals surface area contributed by atoms with Crippen molar-refractivity contribution in [2.24, 2.45) is 5.92 Å². The van der Waals surface area contributed by atoms with Crippen molar-refractivity contribution in [1.29, 1.82) is 0 Å². The molecule has 1 aromatic rings. The van der Waals surface area contributed by atoms with E-state index in [0.29, 0.717) is 29.4 Å². The van der Waals surface area contributed by atoms with Crippen LogP contribution in [-0.4, -0.2) is 56.7 Å². The summed E-state index contributed by atoms with van der Waals surface area (Å²) in [5, 5.41) is 5.24. The summed E-state index contributed by atoms with van der Waals surface area (Å²) in [6, 6.07) is 1.97.